The van der Waals surface area contributed by atoms with Crippen molar-refractivity contribution in [1.29, 1.82) is 0 Å². The molecular weight excluding hydrogens is 365 g/mol. The van der Waals surface area contributed by atoms with E-state index in [-0.39, 0.29) is 16.2 Å². The fourth-order valence-corrected chi connectivity index (χ4v) is 1.83. The second kappa shape index (κ2) is 9.44. The SMILES string of the molecule is CC.CC(C)(C)OC(=O)Nc1cccc(Oc2nc(Cl)ncc2Cl)c1. The number of aromatic nitrogens is 2. The van der Waals surface area contributed by atoms with Crippen LogP contribution in [0, 0.1) is 0 Å². The summed E-state index contributed by atoms with van der Waals surface area (Å²) in [4.78, 5) is 19.4. The zero-order valence-corrected chi connectivity index (χ0v) is 16.3. The van der Waals surface area contributed by atoms with Crippen LogP contribution in [0.3, 0.4) is 0 Å². The second-order valence-corrected chi connectivity index (χ2v) is 6.29. The summed E-state index contributed by atoms with van der Waals surface area (Å²) in [6.07, 6.45) is 0.785. The van der Waals surface area contributed by atoms with Gasteiger partial charge in [-0.25, -0.2) is 9.78 Å². The highest BCUT2D eigenvalue weighted by Gasteiger charge is 2.16. The van der Waals surface area contributed by atoms with Crippen LogP contribution in [0.15, 0.2) is 30.5 Å². The largest absolute Gasteiger partial charge is 0.444 e. The molecule has 0 aliphatic heterocycles. The van der Waals surface area contributed by atoms with E-state index in [1.165, 1.54) is 6.20 Å². The van der Waals surface area contributed by atoms with Crippen molar-refractivity contribution < 1.29 is 14.3 Å². The number of amides is 1. The van der Waals surface area contributed by atoms with Crippen molar-refractivity contribution >= 4 is 35.0 Å². The molecule has 0 unspecified atom stereocenters. The first-order chi connectivity index (χ1) is 11.7. The van der Waals surface area contributed by atoms with E-state index >= 15 is 0 Å². The molecule has 136 valence electrons. The first kappa shape index (κ1) is 21.0. The average molecular weight is 386 g/mol. The van der Waals surface area contributed by atoms with Crippen LogP contribution < -0.4 is 10.1 Å². The van der Waals surface area contributed by atoms with Gasteiger partial charge in [0.25, 0.3) is 0 Å². The van der Waals surface area contributed by atoms with Crippen molar-refractivity contribution in [3.05, 3.63) is 40.8 Å². The van der Waals surface area contributed by atoms with Crippen LogP contribution in [0.4, 0.5) is 10.5 Å². The van der Waals surface area contributed by atoms with E-state index in [1.54, 1.807) is 45.0 Å². The van der Waals surface area contributed by atoms with Crippen molar-refractivity contribution in [3.63, 3.8) is 0 Å². The minimum Gasteiger partial charge on any atom is -0.444 e. The number of halogens is 2. The van der Waals surface area contributed by atoms with E-state index in [9.17, 15) is 4.79 Å². The molecule has 0 bridgehead atoms. The fourth-order valence-electron chi connectivity index (χ4n) is 1.57. The summed E-state index contributed by atoms with van der Waals surface area (Å²) in [5.41, 5.74) is -0.0725. The lowest BCUT2D eigenvalue weighted by molar-refractivity contribution is 0.0636. The molecule has 1 amide bonds. The van der Waals surface area contributed by atoms with Gasteiger partial charge in [0.15, 0.2) is 0 Å². The molecule has 8 heteroatoms. The van der Waals surface area contributed by atoms with E-state index in [2.05, 4.69) is 15.3 Å². The van der Waals surface area contributed by atoms with Gasteiger partial charge in [-0.3, -0.25) is 5.32 Å². The molecule has 1 heterocycles. The van der Waals surface area contributed by atoms with E-state index in [1.807, 2.05) is 13.8 Å². The number of nitrogens with one attached hydrogen (secondary N) is 1. The van der Waals surface area contributed by atoms with E-state index in [4.69, 9.17) is 32.7 Å². The third-order valence-corrected chi connectivity index (χ3v) is 2.82. The summed E-state index contributed by atoms with van der Waals surface area (Å²) >= 11 is 11.7. The molecule has 0 radical (unpaired) electrons. The number of benzene rings is 1. The summed E-state index contributed by atoms with van der Waals surface area (Å²) in [6.45, 7) is 9.35. The topological polar surface area (TPSA) is 73.3 Å². The van der Waals surface area contributed by atoms with Crippen molar-refractivity contribution in [2.45, 2.75) is 40.2 Å². The summed E-state index contributed by atoms with van der Waals surface area (Å²) in [5.74, 6) is 0.552. The Hall–Kier alpha value is -2.05. The standard InChI is InChI=1S/C15H15Cl2N3O3.C2H6/c1-15(2,3)23-14(21)19-9-5-4-6-10(7-9)22-12-11(16)8-18-13(17)20-12;1-2/h4-8H,1-3H3,(H,19,21);1-2H3. The smallest absolute Gasteiger partial charge is 0.412 e. The van der Waals surface area contributed by atoms with Crippen LogP contribution in [-0.2, 0) is 4.74 Å². The molecule has 2 aromatic rings. The lowest BCUT2D eigenvalue weighted by atomic mass is 10.2. The van der Waals surface area contributed by atoms with Gasteiger partial charge in [-0.15, -0.1) is 0 Å². The minimum atomic E-state index is -0.580. The van der Waals surface area contributed by atoms with Gasteiger partial charge in [-0.1, -0.05) is 31.5 Å². The molecule has 0 atom stereocenters. The van der Waals surface area contributed by atoms with Gasteiger partial charge in [-0.2, -0.15) is 4.98 Å². The monoisotopic (exact) mass is 385 g/mol. The number of anilines is 1. The third-order valence-electron chi connectivity index (χ3n) is 2.38. The van der Waals surface area contributed by atoms with Crippen molar-refractivity contribution in [2.24, 2.45) is 0 Å². The Bertz CT molecular complexity index is 719. The van der Waals surface area contributed by atoms with Gasteiger partial charge in [-0.05, 0) is 44.5 Å². The quantitative estimate of drug-likeness (QED) is 0.660. The number of carbonyl (C=O) groups excluding carboxylic acids is 1. The third kappa shape index (κ3) is 7.58. The predicted octanol–water partition coefficient (Wildman–Crippen LogP) is 5.95. The average Bonchev–Trinajstić information content (AvgIpc) is 2.51. The first-order valence-corrected chi connectivity index (χ1v) is 8.44. The first-order valence-electron chi connectivity index (χ1n) is 7.69. The summed E-state index contributed by atoms with van der Waals surface area (Å²) < 4.78 is 10.7. The molecule has 1 aromatic heterocycles. The molecule has 6 nitrogen and oxygen atoms in total. The molecule has 0 aliphatic rings. The molecule has 2 rings (SSSR count). The zero-order chi connectivity index (χ0) is 19.0. The molecule has 25 heavy (non-hydrogen) atoms. The van der Waals surface area contributed by atoms with Gasteiger partial charge in [0.05, 0.1) is 6.20 Å². The summed E-state index contributed by atoms with van der Waals surface area (Å²) in [5, 5.41) is 2.86. The van der Waals surface area contributed by atoms with E-state index in [0.717, 1.165) is 0 Å². The highest BCUT2D eigenvalue weighted by molar-refractivity contribution is 6.32. The van der Waals surface area contributed by atoms with Crippen molar-refractivity contribution in [2.75, 3.05) is 5.32 Å². The number of hydrogen-bond donors (Lipinski definition) is 1. The molecule has 0 fully saturated rings. The normalized spacial score (nSPS) is 10.4. The molecule has 0 saturated heterocycles. The molecule has 0 saturated carbocycles. The molecule has 1 N–H and O–H groups in total. The lowest BCUT2D eigenvalue weighted by Crippen LogP contribution is -2.27. The van der Waals surface area contributed by atoms with E-state index in [0.29, 0.717) is 11.4 Å². The highest BCUT2D eigenvalue weighted by atomic mass is 35.5. The van der Waals surface area contributed by atoms with Crippen LogP contribution in [0.2, 0.25) is 10.3 Å². The van der Waals surface area contributed by atoms with Crippen molar-refractivity contribution in [3.8, 4) is 11.6 Å². The minimum absolute atomic E-state index is 0.0208. The van der Waals surface area contributed by atoms with Crippen LogP contribution in [0.5, 0.6) is 11.6 Å². The molecular formula is C17H21Cl2N3O3. The predicted molar refractivity (Wildman–Crippen MR) is 99.8 cm³/mol. The Labute approximate surface area is 157 Å². The van der Waals surface area contributed by atoms with Gasteiger partial charge >= 0.3 is 6.09 Å². The molecule has 0 aliphatic carbocycles. The van der Waals surface area contributed by atoms with Crippen molar-refractivity contribution in [1.82, 2.24) is 9.97 Å². The number of nitrogens with zero attached hydrogens (tertiary/aromatic N) is 2. The Morgan fingerprint density at radius 3 is 2.52 bits per heavy atom. The number of carbonyl (C=O) groups is 1. The maximum absolute atomic E-state index is 11.8. The Balaban J connectivity index is 0.00000151. The van der Waals surface area contributed by atoms with Gasteiger partial charge in [0.2, 0.25) is 11.2 Å². The van der Waals surface area contributed by atoms with E-state index < -0.39 is 11.7 Å². The van der Waals surface area contributed by atoms with Gasteiger partial charge in [0, 0.05) is 11.8 Å². The van der Waals surface area contributed by atoms with Crippen LogP contribution in [0.1, 0.15) is 34.6 Å². The van der Waals surface area contributed by atoms with Gasteiger partial charge < -0.3 is 9.47 Å². The van der Waals surface area contributed by atoms with Crippen LogP contribution >= 0.6 is 23.2 Å². The molecule has 0 spiro atoms. The number of hydrogen-bond acceptors (Lipinski definition) is 5. The lowest BCUT2D eigenvalue weighted by Gasteiger charge is -2.19. The molecule has 1 aromatic carbocycles. The zero-order valence-electron chi connectivity index (χ0n) is 14.8. The Morgan fingerprint density at radius 2 is 1.88 bits per heavy atom. The Morgan fingerprint density at radius 1 is 1.20 bits per heavy atom. The van der Waals surface area contributed by atoms with Crippen LogP contribution in [-0.4, -0.2) is 21.7 Å². The fraction of sp³-hybridized carbons (Fsp3) is 0.353. The Kier molecular flexibility index (Phi) is 7.93. The van der Waals surface area contributed by atoms with Crippen LogP contribution in [0.25, 0.3) is 0 Å². The number of ether oxygens (including phenoxy) is 2. The number of rotatable bonds is 3. The highest BCUT2D eigenvalue weighted by Crippen LogP contribution is 2.29. The summed E-state index contributed by atoms with van der Waals surface area (Å²) in [7, 11) is 0. The maximum atomic E-state index is 11.8. The second-order valence-electron chi connectivity index (χ2n) is 5.55. The maximum Gasteiger partial charge on any atom is 0.412 e. The summed E-state index contributed by atoms with van der Waals surface area (Å²) in [6, 6.07) is 6.70. The van der Waals surface area contributed by atoms with Gasteiger partial charge in [0.1, 0.15) is 16.4 Å².